The maximum absolute atomic E-state index is 2.48. The van der Waals surface area contributed by atoms with Gasteiger partial charge in [-0.1, -0.05) is 140 Å². The van der Waals surface area contributed by atoms with Gasteiger partial charge in [-0.15, -0.1) is 11.3 Å². The first-order valence-corrected chi connectivity index (χ1v) is 20.6. The minimum absolute atomic E-state index is 0.376. The number of para-hydroxylation sites is 1. The molecule has 0 spiro atoms. The van der Waals surface area contributed by atoms with Gasteiger partial charge in [-0.2, -0.15) is 0 Å². The molecule has 0 saturated carbocycles. The van der Waals surface area contributed by atoms with Gasteiger partial charge in [0.25, 0.3) is 0 Å². The largest absolute Gasteiger partial charge is 0.309 e. The van der Waals surface area contributed by atoms with Gasteiger partial charge in [0.15, 0.2) is 0 Å². The fraction of sp³-hybridized carbons (Fsp3) is 0.0370. The highest BCUT2D eigenvalue weighted by Gasteiger charge is 2.23. The summed E-state index contributed by atoms with van der Waals surface area (Å²) in [5.74, 6) is 0.376. The summed E-state index contributed by atoms with van der Waals surface area (Å²) in [4.78, 5) is 0. The van der Waals surface area contributed by atoms with Crippen LogP contribution in [0.15, 0.2) is 200 Å². The van der Waals surface area contributed by atoms with E-state index < -0.39 is 0 Å². The minimum Gasteiger partial charge on any atom is -0.309 e. The van der Waals surface area contributed by atoms with E-state index in [0.29, 0.717) is 5.92 Å². The number of rotatable bonds is 5. The molecule has 1 aliphatic rings. The van der Waals surface area contributed by atoms with Crippen molar-refractivity contribution in [2.24, 2.45) is 0 Å². The smallest absolute Gasteiger partial charge is 0.0555 e. The number of hydrogen-bond acceptors (Lipinski definition) is 1. The van der Waals surface area contributed by atoms with Crippen LogP contribution in [0.25, 0.3) is 97.4 Å². The molecule has 3 aromatic heterocycles. The third-order valence-corrected chi connectivity index (χ3v) is 13.3. The van der Waals surface area contributed by atoms with Crippen LogP contribution in [-0.2, 0) is 0 Å². The Morgan fingerprint density at radius 3 is 1.60 bits per heavy atom. The minimum atomic E-state index is 0.376. The summed E-state index contributed by atoms with van der Waals surface area (Å²) in [6, 6.07) is 65.0. The molecular weight excluding hydrogens is 709 g/mol. The SMILES string of the molecule is C1=CCC(c2ccc3c(c2)c2c4sc5c(ccc6c5c5cc(-c7ccccc7)ccc5n6-c5cccc(-c6ccccc6)c5)c4ccc2n3-c2ccccc2)C=C1. The Balaban J connectivity index is 1.18. The number of fused-ring (bicyclic) bond motifs is 11. The Morgan fingerprint density at radius 2 is 0.947 bits per heavy atom. The van der Waals surface area contributed by atoms with E-state index in [0.717, 1.165) is 12.1 Å². The van der Waals surface area contributed by atoms with Gasteiger partial charge < -0.3 is 9.13 Å². The van der Waals surface area contributed by atoms with Crippen LogP contribution < -0.4 is 0 Å². The van der Waals surface area contributed by atoms with E-state index in [4.69, 9.17) is 0 Å². The third-order valence-electron chi connectivity index (χ3n) is 12.0. The van der Waals surface area contributed by atoms with Crippen LogP contribution in [0.2, 0.25) is 0 Å². The van der Waals surface area contributed by atoms with Gasteiger partial charge in [-0.25, -0.2) is 0 Å². The Kier molecular flexibility index (Phi) is 7.26. The Labute approximate surface area is 334 Å². The molecule has 1 unspecified atom stereocenters. The van der Waals surface area contributed by atoms with Crippen LogP contribution in [0.4, 0.5) is 0 Å². The first-order valence-electron chi connectivity index (χ1n) is 19.8. The molecule has 0 radical (unpaired) electrons. The number of allylic oxidation sites excluding steroid dienone is 4. The maximum Gasteiger partial charge on any atom is 0.0555 e. The van der Waals surface area contributed by atoms with Crippen LogP contribution in [0.3, 0.4) is 0 Å². The second kappa shape index (κ2) is 12.8. The standard InChI is InChI=1S/C54H36N2S/c1-5-14-35(15-6-1)38-20-13-23-42(32-38)56-48-29-25-40(37-18-9-3-10-19-37)34-46(48)52-50(56)31-27-44-43-26-30-49-51(53(43)57-54(44)52)45-33-39(36-16-7-2-8-17-36)24-28-47(45)55(49)41-21-11-4-12-22-41/h1-16,18-34,36H,17H2. The molecule has 12 rings (SSSR count). The van der Waals surface area contributed by atoms with E-state index in [2.05, 4.69) is 209 Å². The highest BCUT2D eigenvalue weighted by atomic mass is 32.1. The van der Waals surface area contributed by atoms with Crippen molar-refractivity contribution >= 4 is 75.1 Å². The average Bonchev–Trinajstić information content (AvgIpc) is 3.94. The van der Waals surface area contributed by atoms with Crippen LogP contribution in [-0.4, -0.2) is 9.13 Å². The van der Waals surface area contributed by atoms with E-state index in [9.17, 15) is 0 Å². The summed E-state index contributed by atoms with van der Waals surface area (Å²) in [5.41, 5.74) is 13.5. The summed E-state index contributed by atoms with van der Waals surface area (Å²) in [7, 11) is 0. The van der Waals surface area contributed by atoms with Crippen LogP contribution in [0, 0.1) is 0 Å². The predicted octanol–water partition coefficient (Wildman–Crippen LogP) is 15.2. The molecule has 1 aliphatic carbocycles. The topological polar surface area (TPSA) is 9.86 Å². The highest BCUT2D eigenvalue weighted by Crippen LogP contribution is 2.48. The molecule has 0 amide bonds. The molecule has 8 aromatic carbocycles. The van der Waals surface area contributed by atoms with Crippen molar-refractivity contribution in [2.75, 3.05) is 0 Å². The lowest BCUT2D eigenvalue weighted by molar-refractivity contribution is 0.855. The van der Waals surface area contributed by atoms with Gasteiger partial charge in [0, 0.05) is 59.0 Å². The fourth-order valence-electron chi connectivity index (χ4n) is 9.37. The van der Waals surface area contributed by atoms with Crippen molar-refractivity contribution in [1.82, 2.24) is 9.13 Å². The number of nitrogens with zero attached hydrogens (tertiary/aromatic N) is 2. The number of hydrogen-bond donors (Lipinski definition) is 0. The van der Waals surface area contributed by atoms with E-state index >= 15 is 0 Å². The van der Waals surface area contributed by atoms with Crippen molar-refractivity contribution in [2.45, 2.75) is 12.3 Å². The Bertz CT molecular complexity index is 3420. The molecule has 0 aliphatic heterocycles. The molecule has 2 nitrogen and oxygen atoms in total. The van der Waals surface area contributed by atoms with Gasteiger partial charge in [-0.3, -0.25) is 0 Å². The van der Waals surface area contributed by atoms with Crippen LogP contribution in [0.1, 0.15) is 17.9 Å². The fourth-order valence-corrected chi connectivity index (χ4v) is 10.8. The molecule has 0 fully saturated rings. The molecule has 0 N–H and O–H groups in total. The van der Waals surface area contributed by atoms with Crippen molar-refractivity contribution < 1.29 is 0 Å². The molecule has 11 aromatic rings. The van der Waals surface area contributed by atoms with Crippen molar-refractivity contribution in [3.63, 3.8) is 0 Å². The van der Waals surface area contributed by atoms with Gasteiger partial charge in [0.1, 0.15) is 0 Å². The third kappa shape index (κ3) is 5.02. The van der Waals surface area contributed by atoms with E-state index in [1.807, 2.05) is 11.3 Å². The second-order valence-corrected chi connectivity index (χ2v) is 16.2. The summed E-state index contributed by atoms with van der Waals surface area (Å²) in [5, 5.41) is 7.86. The van der Waals surface area contributed by atoms with E-state index in [1.165, 1.54) is 97.3 Å². The molecule has 3 heterocycles. The van der Waals surface area contributed by atoms with Gasteiger partial charge in [-0.05, 0) is 94.9 Å². The number of thiophene rings is 1. The molecule has 57 heavy (non-hydrogen) atoms. The van der Waals surface area contributed by atoms with Crippen LogP contribution >= 0.6 is 11.3 Å². The lowest BCUT2D eigenvalue weighted by atomic mass is 9.91. The number of aromatic nitrogens is 2. The second-order valence-electron chi connectivity index (χ2n) is 15.2. The molecule has 0 bridgehead atoms. The molecule has 268 valence electrons. The Morgan fingerprint density at radius 1 is 0.404 bits per heavy atom. The van der Waals surface area contributed by atoms with E-state index in [1.54, 1.807) is 0 Å². The van der Waals surface area contributed by atoms with Crippen molar-refractivity contribution in [1.29, 1.82) is 0 Å². The zero-order chi connectivity index (χ0) is 37.5. The van der Waals surface area contributed by atoms with Crippen molar-refractivity contribution in [3.05, 3.63) is 206 Å². The predicted molar refractivity (Wildman–Crippen MR) is 245 cm³/mol. The van der Waals surface area contributed by atoms with Gasteiger partial charge >= 0.3 is 0 Å². The zero-order valence-corrected chi connectivity index (χ0v) is 32.0. The summed E-state index contributed by atoms with van der Waals surface area (Å²) in [6.45, 7) is 0. The van der Waals surface area contributed by atoms with Crippen LogP contribution in [0.5, 0.6) is 0 Å². The maximum atomic E-state index is 2.48. The zero-order valence-electron chi connectivity index (χ0n) is 31.1. The molecule has 0 saturated heterocycles. The van der Waals surface area contributed by atoms with Gasteiger partial charge in [0.2, 0.25) is 0 Å². The lowest BCUT2D eigenvalue weighted by Gasteiger charge is -2.14. The number of benzene rings is 8. The lowest BCUT2D eigenvalue weighted by Crippen LogP contribution is -1.97. The normalized spacial score (nSPS) is 14.3. The quantitative estimate of drug-likeness (QED) is 0.166. The van der Waals surface area contributed by atoms with E-state index in [-0.39, 0.29) is 0 Å². The summed E-state index contributed by atoms with van der Waals surface area (Å²) >= 11 is 1.96. The highest BCUT2D eigenvalue weighted by molar-refractivity contribution is 7.27. The average molecular weight is 745 g/mol. The molecule has 3 heteroatoms. The molecular formula is C54H36N2S. The summed E-state index contributed by atoms with van der Waals surface area (Å²) in [6.07, 6.45) is 10.0. The summed E-state index contributed by atoms with van der Waals surface area (Å²) < 4.78 is 7.62. The Hall–Kier alpha value is -6.94. The first-order chi connectivity index (χ1) is 28.3. The molecule has 1 atom stereocenters. The van der Waals surface area contributed by atoms with Gasteiger partial charge in [0.05, 0.1) is 22.1 Å². The first kappa shape index (κ1) is 32.3. The van der Waals surface area contributed by atoms with Crippen molar-refractivity contribution in [3.8, 4) is 33.6 Å². The monoisotopic (exact) mass is 744 g/mol.